The third-order valence-electron chi connectivity index (χ3n) is 1.68. The molecular formula is C9H18BrO. The van der Waals surface area contributed by atoms with E-state index in [4.69, 9.17) is 4.74 Å². The van der Waals surface area contributed by atoms with Gasteiger partial charge < -0.3 is 4.74 Å². The Hall–Kier alpha value is 0.440. The Morgan fingerprint density at radius 3 is 2.36 bits per heavy atom. The van der Waals surface area contributed by atoms with E-state index in [0.29, 0.717) is 0 Å². The summed E-state index contributed by atoms with van der Waals surface area (Å²) in [5.74, 6) is 0. The molecule has 0 unspecified atom stereocenters. The van der Waals surface area contributed by atoms with Crippen LogP contribution in [-0.4, -0.2) is 6.61 Å². The molecule has 0 aliphatic carbocycles. The fourth-order valence-electron chi connectivity index (χ4n) is 1.01. The Morgan fingerprint density at radius 1 is 1.09 bits per heavy atom. The van der Waals surface area contributed by atoms with Gasteiger partial charge in [0.2, 0.25) is 0 Å². The summed E-state index contributed by atoms with van der Waals surface area (Å²) in [5, 5.41) is 0. The lowest BCUT2D eigenvalue weighted by atomic mass is 10.1. The SMILES string of the molecule is CCCCCCCCO[CH]Br. The van der Waals surface area contributed by atoms with Gasteiger partial charge in [-0.1, -0.05) is 55.0 Å². The van der Waals surface area contributed by atoms with E-state index in [-0.39, 0.29) is 0 Å². The lowest BCUT2D eigenvalue weighted by Crippen LogP contribution is -1.88. The molecule has 0 rings (SSSR count). The number of hydrogen-bond acceptors (Lipinski definition) is 1. The highest BCUT2D eigenvalue weighted by Crippen LogP contribution is 2.05. The summed E-state index contributed by atoms with van der Waals surface area (Å²) >= 11 is 3.10. The highest BCUT2D eigenvalue weighted by Gasteiger charge is 1.89. The normalized spacial score (nSPS) is 10.4. The van der Waals surface area contributed by atoms with Crippen molar-refractivity contribution in [3.05, 3.63) is 5.52 Å². The maximum absolute atomic E-state index is 5.03. The summed E-state index contributed by atoms with van der Waals surface area (Å²) in [6.07, 6.45) is 7.94. The monoisotopic (exact) mass is 221 g/mol. The zero-order valence-corrected chi connectivity index (χ0v) is 8.90. The predicted molar refractivity (Wildman–Crippen MR) is 52.6 cm³/mol. The van der Waals surface area contributed by atoms with Gasteiger partial charge in [0, 0.05) is 6.61 Å². The summed E-state index contributed by atoms with van der Waals surface area (Å²) in [6, 6.07) is 0. The highest BCUT2D eigenvalue weighted by molar-refractivity contribution is 9.10. The number of rotatable bonds is 8. The van der Waals surface area contributed by atoms with Crippen LogP contribution < -0.4 is 0 Å². The number of unbranched alkanes of at least 4 members (excludes halogenated alkanes) is 5. The molecule has 1 nitrogen and oxygen atoms in total. The van der Waals surface area contributed by atoms with E-state index >= 15 is 0 Å². The van der Waals surface area contributed by atoms with E-state index in [1.807, 2.05) is 0 Å². The first-order valence-electron chi connectivity index (χ1n) is 4.45. The fraction of sp³-hybridized carbons (Fsp3) is 0.889. The van der Waals surface area contributed by atoms with Crippen LogP contribution in [0.15, 0.2) is 0 Å². The van der Waals surface area contributed by atoms with Gasteiger partial charge in [-0.3, -0.25) is 0 Å². The molecule has 0 fully saturated rings. The standard InChI is InChI=1S/C9H18BrO/c1-2-3-4-5-6-7-8-11-9-10/h9H,2-8H2,1H3. The molecule has 67 valence electrons. The summed E-state index contributed by atoms with van der Waals surface area (Å²) in [5.41, 5.74) is 1.58. The van der Waals surface area contributed by atoms with E-state index < -0.39 is 0 Å². The fourth-order valence-corrected chi connectivity index (χ4v) is 1.20. The van der Waals surface area contributed by atoms with E-state index in [1.165, 1.54) is 38.5 Å². The molecule has 1 radical (unpaired) electrons. The molecular weight excluding hydrogens is 204 g/mol. The molecule has 0 bridgehead atoms. The molecule has 0 atom stereocenters. The number of hydrogen-bond donors (Lipinski definition) is 0. The Balaban J connectivity index is 2.69. The van der Waals surface area contributed by atoms with Crippen molar-refractivity contribution in [1.82, 2.24) is 0 Å². The second-order valence-electron chi connectivity index (χ2n) is 2.73. The van der Waals surface area contributed by atoms with E-state index in [0.717, 1.165) is 6.61 Å². The third-order valence-corrected chi connectivity index (χ3v) is 1.94. The van der Waals surface area contributed by atoms with Crippen molar-refractivity contribution in [1.29, 1.82) is 0 Å². The van der Waals surface area contributed by atoms with Gasteiger partial charge in [0.05, 0.1) is 0 Å². The second-order valence-corrected chi connectivity index (χ2v) is 3.10. The zero-order chi connectivity index (χ0) is 8.36. The molecule has 0 aliphatic rings. The van der Waals surface area contributed by atoms with Crippen molar-refractivity contribution in [2.75, 3.05) is 6.61 Å². The maximum Gasteiger partial charge on any atom is 0.148 e. The lowest BCUT2D eigenvalue weighted by molar-refractivity contribution is 0.225. The van der Waals surface area contributed by atoms with Crippen LogP contribution in [0.25, 0.3) is 0 Å². The van der Waals surface area contributed by atoms with E-state index in [9.17, 15) is 0 Å². The minimum Gasteiger partial charge on any atom is -0.363 e. The highest BCUT2D eigenvalue weighted by atomic mass is 79.9. The zero-order valence-electron chi connectivity index (χ0n) is 7.31. The van der Waals surface area contributed by atoms with Crippen LogP contribution >= 0.6 is 15.9 Å². The molecule has 0 saturated heterocycles. The molecule has 0 aromatic heterocycles. The molecule has 0 saturated carbocycles. The molecule has 0 aliphatic heterocycles. The van der Waals surface area contributed by atoms with Gasteiger partial charge in [-0.15, -0.1) is 0 Å². The van der Waals surface area contributed by atoms with Gasteiger partial charge in [0.15, 0.2) is 0 Å². The van der Waals surface area contributed by atoms with Crippen LogP contribution in [0, 0.1) is 5.52 Å². The Bertz CT molecular complexity index is 58.6. The summed E-state index contributed by atoms with van der Waals surface area (Å²) in [6.45, 7) is 3.10. The van der Waals surface area contributed by atoms with Crippen LogP contribution in [0.1, 0.15) is 45.4 Å². The molecule has 11 heavy (non-hydrogen) atoms. The molecule has 0 aromatic rings. The van der Waals surface area contributed by atoms with Gasteiger partial charge >= 0.3 is 0 Å². The van der Waals surface area contributed by atoms with Gasteiger partial charge in [-0.05, 0) is 6.42 Å². The van der Waals surface area contributed by atoms with Crippen molar-refractivity contribution in [2.24, 2.45) is 0 Å². The topological polar surface area (TPSA) is 9.23 Å². The van der Waals surface area contributed by atoms with Crippen LogP contribution in [0.2, 0.25) is 0 Å². The van der Waals surface area contributed by atoms with Gasteiger partial charge in [-0.2, -0.15) is 0 Å². The minimum absolute atomic E-state index is 0.859. The van der Waals surface area contributed by atoms with Crippen LogP contribution in [-0.2, 0) is 4.74 Å². The summed E-state index contributed by atoms with van der Waals surface area (Å²) < 4.78 is 5.03. The Labute approximate surface area is 78.6 Å². The number of ether oxygens (including phenoxy) is 1. The molecule has 0 spiro atoms. The lowest BCUT2D eigenvalue weighted by Gasteiger charge is -1.99. The molecule has 0 heterocycles. The van der Waals surface area contributed by atoms with Crippen molar-refractivity contribution < 1.29 is 4.74 Å². The van der Waals surface area contributed by atoms with Crippen molar-refractivity contribution in [3.8, 4) is 0 Å². The average molecular weight is 222 g/mol. The molecule has 0 amide bonds. The molecule has 0 N–H and O–H groups in total. The third kappa shape index (κ3) is 10.4. The quantitative estimate of drug-likeness (QED) is 0.566. The van der Waals surface area contributed by atoms with Gasteiger partial charge in [0.25, 0.3) is 0 Å². The Morgan fingerprint density at radius 2 is 1.73 bits per heavy atom. The first kappa shape index (κ1) is 11.4. The Kier molecular flexibility index (Phi) is 10.9. The molecule has 2 heteroatoms. The summed E-state index contributed by atoms with van der Waals surface area (Å²) in [7, 11) is 0. The van der Waals surface area contributed by atoms with Gasteiger partial charge in [0.1, 0.15) is 5.52 Å². The summed E-state index contributed by atoms with van der Waals surface area (Å²) in [4.78, 5) is 0. The van der Waals surface area contributed by atoms with Crippen molar-refractivity contribution >= 4 is 15.9 Å². The predicted octanol–water partition coefficient (Wildman–Crippen LogP) is 3.88. The maximum atomic E-state index is 5.03. The van der Waals surface area contributed by atoms with Crippen molar-refractivity contribution in [2.45, 2.75) is 45.4 Å². The van der Waals surface area contributed by atoms with Crippen LogP contribution in [0.4, 0.5) is 0 Å². The average Bonchev–Trinajstić information content (AvgIpc) is 2.03. The van der Waals surface area contributed by atoms with Crippen molar-refractivity contribution in [3.63, 3.8) is 0 Å². The van der Waals surface area contributed by atoms with E-state index in [2.05, 4.69) is 22.9 Å². The first-order chi connectivity index (χ1) is 5.41. The van der Waals surface area contributed by atoms with Crippen LogP contribution in [0.5, 0.6) is 0 Å². The van der Waals surface area contributed by atoms with Gasteiger partial charge in [-0.25, -0.2) is 0 Å². The van der Waals surface area contributed by atoms with Crippen LogP contribution in [0.3, 0.4) is 0 Å². The smallest absolute Gasteiger partial charge is 0.148 e. The second kappa shape index (κ2) is 10.4. The minimum atomic E-state index is 0.859. The van der Waals surface area contributed by atoms with E-state index in [1.54, 1.807) is 5.52 Å². The first-order valence-corrected chi connectivity index (χ1v) is 5.37. The molecule has 0 aromatic carbocycles. The number of halogens is 1. The largest absolute Gasteiger partial charge is 0.363 e.